The van der Waals surface area contributed by atoms with Crippen molar-refractivity contribution in [2.75, 3.05) is 39.2 Å². The number of carbonyl (C=O) groups excluding carboxylic acids is 2. The van der Waals surface area contributed by atoms with Crippen molar-refractivity contribution in [3.63, 3.8) is 0 Å². The number of hydroxylamine groups is 1. The van der Waals surface area contributed by atoms with Crippen LogP contribution in [0.5, 0.6) is 5.75 Å². The summed E-state index contributed by atoms with van der Waals surface area (Å²) in [6.45, 7) is 27.8. The summed E-state index contributed by atoms with van der Waals surface area (Å²) < 4.78 is 32.2. The molecule has 47 heavy (non-hydrogen) atoms. The number of methoxy groups -OCH3 is 2. The zero-order valence-electron chi connectivity index (χ0n) is 31.2. The van der Waals surface area contributed by atoms with Crippen molar-refractivity contribution in [1.82, 2.24) is 4.90 Å². The summed E-state index contributed by atoms with van der Waals surface area (Å²) in [5.41, 5.74) is 4.10. The molecule has 1 aromatic rings. The molecule has 10 nitrogen and oxygen atoms in total. The Morgan fingerprint density at radius 1 is 0.915 bits per heavy atom. The second-order valence-electron chi connectivity index (χ2n) is 15.5. The molecule has 0 radical (unpaired) electrons. The zero-order valence-corrected chi connectivity index (χ0v) is 33.2. The van der Waals surface area contributed by atoms with E-state index in [1.54, 1.807) is 17.1 Å². The van der Waals surface area contributed by atoms with Crippen LogP contribution in [0, 0.1) is 0 Å². The summed E-state index contributed by atoms with van der Waals surface area (Å²) in [5.74, 6) is -1.18. The minimum atomic E-state index is -2.49. The topological polar surface area (TPSA) is 95.8 Å². The van der Waals surface area contributed by atoms with Crippen molar-refractivity contribution < 1.29 is 37.5 Å². The monoisotopic (exact) mass is 692 g/mol. The van der Waals surface area contributed by atoms with Crippen LogP contribution in [0.1, 0.15) is 105 Å². The highest BCUT2D eigenvalue weighted by molar-refractivity contribution is 6.78. The van der Waals surface area contributed by atoms with E-state index in [9.17, 15) is 9.59 Å². The normalized spacial score (nSPS) is 24.0. The lowest BCUT2D eigenvalue weighted by Gasteiger charge is -2.52. The lowest BCUT2D eigenvalue weighted by Crippen LogP contribution is -2.62. The van der Waals surface area contributed by atoms with Gasteiger partial charge in [0.1, 0.15) is 24.9 Å². The summed E-state index contributed by atoms with van der Waals surface area (Å²) >= 11 is 0. The van der Waals surface area contributed by atoms with Gasteiger partial charge >= 0.3 is 6.09 Å². The Labute approximate surface area is 284 Å². The molecule has 2 fully saturated rings. The molecule has 0 spiro atoms. The van der Waals surface area contributed by atoms with E-state index >= 15 is 0 Å². The predicted molar refractivity (Wildman–Crippen MR) is 189 cm³/mol. The Kier molecular flexibility index (Phi) is 11.4. The Morgan fingerprint density at radius 2 is 1.47 bits per heavy atom. The van der Waals surface area contributed by atoms with E-state index in [-0.39, 0.29) is 12.8 Å². The van der Waals surface area contributed by atoms with Crippen LogP contribution in [0.15, 0.2) is 12.1 Å². The van der Waals surface area contributed by atoms with E-state index < -0.39 is 40.5 Å². The van der Waals surface area contributed by atoms with Crippen LogP contribution in [-0.2, 0) is 23.5 Å². The van der Waals surface area contributed by atoms with Crippen LogP contribution in [0.4, 0.5) is 10.5 Å². The van der Waals surface area contributed by atoms with Gasteiger partial charge in [0.25, 0.3) is 8.32 Å². The number of aldehydes is 1. The molecule has 0 unspecified atom stereocenters. The largest absolute Gasteiger partial charge is 0.542 e. The number of benzene rings is 1. The van der Waals surface area contributed by atoms with Crippen molar-refractivity contribution in [3.05, 3.63) is 23.3 Å². The van der Waals surface area contributed by atoms with Gasteiger partial charge < -0.3 is 23.1 Å². The Hall–Kier alpha value is -1.97. The number of amides is 1. The summed E-state index contributed by atoms with van der Waals surface area (Å²) in [7, 11) is -1.90. The first-order valence-corrected chi connectivity index (χ1v) is 21.7. The third-order valence-corrected chi connectivity index (χ3v) is 23.4. The minimum Gasteiger partial charge on any atom is -0.542 e. The van der Waals surface area contributed by atoms with Crippen LogP contribution < -0.4 is 9.49 Å². The van der Waals surface area contributed by atoms with Crippen LogP contribution >= 0.6 is 0 Å². The van der Waals surface area contributed by atoms with E-state index in [1.807, 2.05) is 12.1 Å². The number of hydrogen-bond acceptors (Lipinski definition) is 9. The maximum Gasteiger partial charge on any atom is 0.410 e. The standard InChI is InChI=1S/C35H60N2O8Si2/c1-21(2)46(22(3)4,23(5)6)43-19-28-32-29(15-27(18-38)16-31(32)44-47(24(7)8,25(9)10)26(11)12)36-17-30-33(37(30)34(39)41-14)35(28,45-36)42-20-40-13/h15-16,18,21-26,28,30,33H,17,19-20H2,1-14H3/t28-,30-,33-,35+,37?/m0/s1. The molecule has 0 aliphatic carbocycles. The first kappa shape index (κ1) is 37.8. The molecule has 12 heteroatoms. The maximum atomic E-state index is 13.1. The van der Waals surface area contributed by atoms with Crippen molar-refractivity contribution >= 4 is 34.7 Å². The minimum absolute atomic E-state index is 0.0513. The summed E-state index contributed by atoms with van der Waals surface area (Å²) in [6, 6.07) is 3.11. The van der Waals surface area contributed by atoms with Gasteiger partial charge in [0, 0.05) is 24.8 Å². The molecule has 0 aromatic heterocycles. The molecular formula is C35H60N2O8Si2. The van der Waals surface area contributed by atoms with Crippen LogP contribution in [0.2, 0.25) is 33.2 Å². The fourth-order valence-electron chi connectivity index (χ4n) is 9.51. The number of fused-ring (bicyclic) bond motifs is 6. The average Bonchev–Trinajstić information content (AvgIpc) is 3.73. The van der Waals surface area contributed by atoms with E-state index in [4.69, 9.17) is 27.9 Å². The van der Waals surface area contributed by atoms with Crippen LogP contribution in [-0.4, -0.2) is 85.9 Å². The van der Waals surface area contributed by atoms with Gasteiger partial charge in [-0.2, -0.15) is 0 Å². The van der Waals surface area contributed by atoms with Crippen molar-refractivity contribution in [2.24, 2.45) is 0 Å². The van der Waals surface area contributed by atoms with Crippen LogP contribution in [0.3, 0.4) is 0 Å². The number of nitrogens with zero attached hydrogens (tertiary/aromatic N) is 2. The van der Waals surface area contributed by atoms with Gasteiger partial charge in [-0.25, -0.2) is 14.7 Å². The lowest BCUT2D eigenvalue weighted by molar-refractivity contribution is -0.302. The van der Waals surface area contributed by atoms with Gasteiger partial charge in [0.05, 0.1) is 31.3 Å². The van der Waals surface area contributed by atoms with Gasteiger partial charge in [-0.05, 0) is 45.4 Å². The highest BCUT2D eigenvalue weighted by Gasteiger charge is 2.74. The Morgan fingerprint density at radius 3 is 1.94 bits per heavy atom. The van der Waals surface area contributed by atoms with Crippen molar-refractivity contribution in [1.29, 1.82) is 0 Å². The van der Waals surface area contributed by atoms with Gasteiger partial charge in [0.15, 0.2) is 8.32 Å². The molecule has 4 rings (SSSR count). The van der Waals surface area contributed by atoms with Crippen molar-refractivity contribution in [3.8, 4) is 5.75 Å². The second kappa shape index (κ2) is 14.1. The third kappa shape index (κ3) is 6.09. The van der Waals surface area contributed by atoms with E-state index in [1.165, 1.54) is 7.11 Å². The molecule has 1 amide bonds. The SMILES string of the molecule is COCO[C@]12ON(C[C@H]3[C@@H]1N3C(=O)OC)c1cc(C=O)cc(O[Si](C(C)C)(C(C)C)C(C)C)c1[C@@H]2CO[Si](C(C)C)(C(C)C)C(C)C. The molecule has 3 aliphatic rings. The fourth-order valence-corrected chi connectivity index (χ4v) is 20.2. The number of hydrogen-bond donors (Lipinski definition) is 0. The second-order valence-corrected chi connectivity index (χ2v) is 26.3. The molecule has 0 saturated carbocycles. The summed E-state index contributed by atoms with van der Waals surface area (Å²) in [5, 5.41) is 1.78. The number of carbonyl (C=O) groups is 2. The Bertz CT molecular complexity index is 1240. The number of anilines is 1. The van der Waals surface area contributed by atoms with Crippen molar-refractivity contribution in [2.45, 2.75) is 140 Å². The highest BCUT2D eigenvalue weighted by Crippen LogP contribution is 2.60. The molecule has 3 heterocycles. The Balaban J connectivity index is 2.03. The van der Waals surface area contributed by atoms with E-state index in [0.29, 0.717) is 57.7 Å². The molecule has 266 valence electrons. The average molecular weight is 693 g/mol. The molecule has 0 N–H and O–H groups in total. The molecule has 2 saturated heterocycles. The highest BCUT2D eigenvalue weighted by atomic mass is 28.4. The molecule has 2 bridgehead atoms. The summed E-state index contributed by atoms with van der Waals surface area (Å²) in [4.78, 5) is 34.2. The predicted octanol–water partition coefficient (Wildman–Crippen LogP) is 8.23. The smallest absolute Gasteiger partial charge is 0.410 e. The molecule has 1 aromatic carbocycles. The van der Waals surface area contributed by atoms with Gasteiger partial charge in [-0.15, -0.1) is 0 Å². The van der Waals surface area contributed by atoms with Crippen LogP contribution in [0.25, 0.3) is 0 Å². The molecule has 3 aliphatic heterocycles. The first-order valence-electron chi connectivity index (χ1n) is 17.4. The fraction of sp³-hybridized carbons (Fsp3) is 0.771. The van der Waals surface area contributed by atoms with Gasteiger partial charge in [-0.1, -0.05) is 83.1 Å². The first-order chi connectivity index (χ1) is 22.0. The zero-order chi connectivity index (χ0) is 35.2. The maximum absolute atomic E-state index is 13.1. The van der Waals surface area contributed by atoms with E-state index in [0.717, 1.165) is 17.5 Å². The summed E-state index contributed by atoms with van der Waals surface area (Å²) in [6.07, 6.45) is 0.428. The third-order valence-electron chi connectivity index (χ3n) is 11.3. The molecule has 4 atom stereocenters. The van der Waals surface area contributed by atoms with Gasteiger partial charge in [-0.3, -0.25) is 9.69 Å². The number of ether oxygens (including phenoxy) is 3. The number of rotatable bonds is 15. The quantitative estimate of drug-likeness (QED) is 0.0780. The molecular weight excluding hydrogens is 633 g/mol. The van der Waals surface area contributed by atoms with E-state index in [2.05, 4.69) is 83.1 Å². The lowest BCUT2D eigenvalue weighted by atomic mass is 9.82. The van der Waals surface area contributed by atoms with Gasteiger partial charge in [0.2, 0.25) is 5.79 Å².